The number of hydrogen-bond acceptors (Lipinski definition) is 8. The Morgan fingerprint density at radius 3 is 2.31 bits per heavy atom. The number of rotatable bonds is 10. The molecule has 2 rings (SSSR count). The molecular weight excluding hydrogens is 589 g/mol. The lowest BCUT2D eigenvalue weighted by atomic mass is 10.2. The highest BCUT2D eigenvalue weighted by atomic mass is 127. The van der Waals surface area contributed by atoms with Crippen molar-refractivity contribution in [1.29, 1.82) is 0 Å². The third-order valence-corrected chi connectivity index (χ3v) is 13.2. The van der Waals surface area contributed by atoms with Crippen LogP contribution >= 0.6 is 22.6 Å². The van der Waals surface area contributed by atoms with E-state index in [0.29, 0.717) is 41.3 Å². The summed E-state index contributed by atoms with van der Waals surface area (Å²) in [5.41, 5.74) is 0.572. The van der Waals surface area contributed by atoms with E-state index in [4.69, 9.17) is 13.3 Å². The molecule has 14 heteroatoms. The summed E-state index contributed by atoms with van der Waals surface area (Å²) >= 11 is 2.05. The highest BCUT2D eigenvalue weighted by Gasteiger charge is 2.37. The van der Waals surface area contributed by atoms with Crippen molar-refractivity contribution >= 4 is 51.0 Å². The monoisotopic (exact) mass is 623 g/mol. The highest BCUT2D eigenvalue weighted by Crippen LogP contribution is 2.36. The second-order valence-corrected chi connectivity index (χ2v) is 19.0. The van der Waals surface area contributed by atoms with Gasteiger partial charge in [0.2, 0.25) is 15.9 Å². The van der Waals surface area contributed by atoms with Crippen LogP contribution in [-0.4, -0.2) is 77.6 Å². The van der Waals surface area contributed by atoms with E-state index in [2.05, 4.69) is 61.6 Å². The maximum Gasteiger partial charge on any atom is 0.264 e. The Morgan fingerprint density at radius 2 is 1.81 bits per heavy atom. The Morgan fingerprint density at radius 1 is 1.19 bits per heavy atom. The van der Waals surface area contributed by atoms with Crippen LogP contribution in [0.4, 0.5) is 0 Å². The smallest absolute Gasteiger partial charge is 0.264 e. The minimum Gasteiger partial charge on any atom is -0.471 e. The summed E-state index contributed by atoms with van der Waals surface area (Å²) < 4.78 is 67.5. The van der Waals surface area contributed by atoms with E-state index in [0.717, 1.165) is 6.26 Å². The van der Waals surface area contributed by atoms with Crippen LogP contribution < -0.4 is 4.74 Å². The van der Waals surface area contributed by atoms with E-state index in [1.807, 2.05) is 0 Å². The number of ether oxygens (including phenoxy) is 1. The Bertz CT molecular complexity index is 1020. The SMILES string of the molecule is CC(C)(C)[Si](C)(C)OCCn1nc(O[C@H]2CCN(S(C)(=O)=O)C2)c(I)c1COS(C)(=O)=O. The number of aromatic nitrogens is 2. The first-order valence-electron chi connectivity index (χ1n) is 10.3. The van der Waals surface area contributed by atoms with E-state index >= 15 is 0 Å². The summed E-state index contributed by atoms with van der Waals surface area (Å²) in [6.07, 6.45) is 2.40. The number of sulfonamides is 1. The van der Waals surface area contributed by atoms with Gasteiger partial charge in [0.1, 0.15) is 16.3 Å². The summed E-state index contributed by atoms with van der Waals surface area (Å²) in [5.74, 6) is 0.338. The van der Waals surface area contributed by atoms with Gasteiger partial charge in [-0.05, 0) is 47.1 Å². The molecule has 0 aliphatic carbocycles. The van der Waals surface area contributed by atoms with Gasteiger partial charge in [-0.1, -0.05) is 20.8 Å². The average Bonchev–Trinajstić information content (AvgIpc) is 3.17. The van der Waals surface area contributed by atoms with Gasteiger partial charge in [-0.2, -0.15) is 12.7 Å². The topological polar surface area (TPSA) is 117 Å². The summed E-state index contributed by atoms with van der Waals surface area (Å²) in [4.78, 5) is 0. The van der Waals surface area contributed by atoms with Crippen LogP contribution in [0.15, 0.2) is 0 Å². The molecule has 1 saturated heterocycles. The van der Waals surface area contributed by atoms with E-state index < -0.39 is 28.5 Å². The van der Waals surface area contributed by atoms with Gasteiger partial charge in [0, 0.05) is 6.54 Å². The van der Waals surface area contributed by atoms with E-state index in [1.165, 1.54) is 10.6 Å². The van der Waals surface area contributed by atoms with Gasteiger partial charge in [0.05, 0.1) is 37.9 Å². The molecule has 32 heavy (non-hydrogen) atoms. The van der Waals surface area contributed by atoms with Gasteiger partial charge in [-0.3, -0.25) is 8.86 Å². The molecule has 186 valence electrons. The summed E-state index contributed by atoms with van der Waals surface area (Å²) in [7, 11) is -8.87. The minimum absolute atomic E-state index is 0.0655. The molecule has 0 N–H and O–H groups in total. The second-order valence-electron chi connectivity index (χ2n) is 9.51. The number of hydrogen-bond donors (Lipinski definition) is 0. The standard InChI is InChI=1S/C18H34IN3O7S2Si/c1-18(2,3)32(6,7)28-11-10-22-15(13-27-31(5,25)26)16(19)17(20-22)29-14-8-9-21(12-14)30(4,23)24/h14H,8-13H2,1-7H3/t14-/m0/s1. The molecule has 1 aromatic rings. The number of nitrogens with zero attached hydrogens (tertiary/aromatic N) is 3. The molecule has 0 amide bonds. The van der Waals surface area contributed by atoms with Crippen LogP contribution in [0.3, 0.4) is 0 Å². The van der Waals surface area contributed by atoms with Crippen LogP contribution in [0.1, 0.15) is 32.9 Å². The summed E-state index contributed by atoms with van der Waals surface area (Å²) in [5, 5.41) is 4.59. The third-order valence-electron chi connectivity index (χ3n) is 5.80. The fraction of sp³-hybridized carbons (Fsp3) is 0.833. The molecule has 1 aliphatic heterocycles. The Hall–Kier alpha value is -0.263. The maximum absolute atomic E-state index is 11.8. The first kappa shape index (κ1) is 28.0. The summed E-state index contributed by atoms with van der Waals surface area (Å²) in [6, 6.07) is 0. The van der Waals surface area contributed by atoms with Gasteiger partial charge in [0.15, 0.2) is 8.32 Å². The molecular formula is C18H34IN3O7S2Si. The Labute approximate surface area is 206 Å². The zero-order valence-electron chi connectivity index (χ0n) is 19.7. The molecule has 0 saturated carbocycles. The molecule has 0 bridgehead atoms. The van der Waals surface area contributed by atoms with Gasteiger partial charge >= 0.3 is 0 Å². The lowest BCUT2D eigenvalue weighted by Crippen LogP contribution is -2.41. The van der Waals surface area contributed by atoms with Crippen molar-refractivity contribution in [1.82, 2.24) is 14.1 Å². The largest absolute Gasteiger partial charge is 0.471 e. The van der Waals surface area contributed by atoms with Crippen LogP contribution in [-0.2, 0) is 41.9 Å². The summed E-state index contributed by atoms with van der Waals surface area (Å²) in [6.45, 7) is 12.1. The van der Waals surface area contributed by atoms with Crippen LogP contribution in [0.25, 0.3) is 0 Å². The van der Waals surface area contributed by atoms with Crippen molar-refractivity contribution in [3.63, 3.8) is 0 Å². The van der Waals surface area contributed by atoms with Gasteiger partial charge in [-0.25, -0.2) is 8.42 Å². The van der Waals surface area contributed by atoms with Crippen molar-refractivity contribution < 1.29 is 30.2 Å². The third kappa shape index (κ3) is 7.63. The molecule has 1 aliphatic rings. The normalized spacial score (nSPS) is 18.9. The van der Waals surface area contributed by atoms with Crippen molar-refractivity contribution in [2.75, 3.05) is 32.2 Å². The molecule has 0 spiro atoms. The van der Waals surface area contributed by atoms with Crippen LogP contribution in [0, 0.1) is 3.57 Å². The van der Waals surface area contributed by atoms with E-state index in [9.17, 15) is 16.8 Å². The predicted molar refractivity (Wildman–Crippen MR) is 133 cm³/mol. The molecule has 1 atom stereocenters. The van der Waals surface area contributed by atoms with Crippen molar-refractivity contribution in [2.45, 2.75) is 64.6 Å². The second kappa shape index (κ2) is 10.2. The molecule has 10 nitrogen and oxygen atoms in total. The molecule has 0 unspecified atom stereocenters. The minimum atomic E-state index is -3.64. The zero-order valence-corrected chi connectivity index (χ0v) is 24.5. The molecule has 1 aromatic heterocycles. The first-order valence-corrected chi connectivity index (χ1v) is 17.9. The fourth-order valence-electron chi connectivity index (χ4n) is 2.87. The van der Waals surface area contributed by atoms with Crippen molar-refractivity contribution in [3.05, 3.63) is 9.26 Å². The number of halogens is 1. The quantitative estimate of drug-likeness (QED) is 0.222. The fourth-order valence-corrected chi connectivity index (χ4v) is 5.77. The van der Waals surface area contributed by atoms with Crippen molar-refractivity contribution in [2.24, 2.45) is 0 Å². The van der Waals surface area contributed by atoms with Crippen LogP contribution in [0.2, 0.25) is 18.1 Å². The molecule has 0 aromatic carbocycles. The maximum atomic E-state index is 11.8. The average molecular weight is 624 g/mol. The Kier molecular flexibility index (Phi) is 8.88. The van der Waals surface area contributed by atoms with E-state index in [1.54, 1.807) is 4.68 Å². The predicted octanol–water partition coefficient (Wildman–Crippen LogP) is 2.40. The highest BCUT2D eigenvalue weighted by molar-refractivity contribution is 14.1. The Balaban J connectivity index is 2.18. The lowest BCUT2D eigenvalue weighted by molar-refractivity contribution is 0.201. The first-order chi connectivity index (χ1) is 14.4. The zero-order chi connectivity index (χ0) is 24.5. The molecule has 1 fully saturated rings. The van der Waals surface area contributed by atoms with Crippen LogP contribution in [0.5, 0.6) is 5.88 Å². The molecule has 2 heterocycles. The van der Waals surface area contributed by atoms with E-state index in [-0.39, 0.29) is 24.3 Å². The van der Waals surface area contributed by atoms with Crippen molar-refractivity contribution in [3.8, 4) is 5.88 Å². The molecule has 0 radical (unpaired) electrons. The lowest BCUT2D eigenvalue weighted by Gasteiger charge is -2.36. The van der Waals surface area contributed by atoms with Gasteiger partial charge < -0.3 is 9.16 Å². The van der Waals surface area contributed by atoms with Gasteiger partial charge in [-0.15, -0.1) is 5.10 Å². The van der Waals surface area contributed by atoms with Gasteiger partial charge in [0.25, 0.3) is 10.1 Å².